The molecule has 1 N–H and O–H groups in total. The summed E-state index contributed by atoms with van der Waals surface area (Å²) in [5, 5.41) is 14.9. The molecule has 0 spiro atoms. The van der Waals surface area contributed by atoms with E-state index in [-0.39, 0.29) is 5.91 Å². The monoisotopic (exact) mass is 362 g/mol. The number of amides is 1. The quantitative estimate of drug-likeness (QED) is 0.775. The first-order chi connectivity index (χ1) is 10.2. The highest BCUT2D eigenvalue weighted by atomic mass is 79.9. The molecule has 3 rings (SSSR count). The lowest BCUT2D eigenvalue weighted by molar-refractivity contribution is 0.0950. The van der Waals surface area contributed by atoms with E-state index in [4.69, 9.17) is 0 Å². The largest absolute Gasteiger partial charge is 0.346 e. The topological polar surface area (TPSA) is 59.8 Å². The van der Waals surface area contributed by atoms with Crippen molar-refractivity contribution in [3.8, 4) is 5.69 Å². The van der Waals surface area contributed by atoms with E-state index in [9.17, 15) is 4.79 Å². The van der Waals surface area contributed by atoms with Crippen LogP contribution in [0, 0.1) is 0 Å². The molecule has 0 unspecified atom stereocenters. The van der Waals surface area contributed by atoms with Gasteiger partial charge in [-0.2, -0.15) is 11.3 Å². The Hall–Kier alpha value is -1.99. The number of rotatable bonds is 4. The Kier molecular flexibility index (Phi) is 4.12. The summed E-state index contributed by atoms with van der Waals surface area (Å²) >= 11 is 4.94. The van der Waals surface area contributed by atoms with Crippen LogP contribution in [0.3, 0.4) is 0 Å². The van der Waals surface area contributed by atoms with Crippen LogP contribution in [0.25, 0.3) is 5.69 Å². The standard InChI is InChI=1S/C14H11BrN4OS/c15-11-3-1-10(2-4-11)14(20)16-7-12-8-19(18-17-12)13-5-6-21-9-13/h1-6,8-9H,7H2,(H,16,20). The zero-order valence-corrected chi connectivity index (χ0v) is 13.3. The number of carbonyl (C=O) groups excluding carboxylic acids is 1. The molecule has 0 aliphatic rings. The third-order valence-corrected chi connectivity index (χ3v) is 4.05. The summed E-state index contributed by atoms with van der Waals surface area (Å²) < 4.78 is 2.63. The number of carbonyl (C=O) groups is 1. The Morgan fingerprint density at radius 3 is 2.81 bits per heavy atom. The Bertz CT molecular complexity index is 737. The van der Waals surface area contributed by atoms with Crippen molar-refractivity contribution >= 4 is 33.2 Å². The fourth-order valence-corrected chi connectivity index (χ4v) is 2.65. The molecule has 0 bridgehead atoms. The Morgan fingerprint density at radius 2 is 2.10 bits per heavy atom. The molecule has 0 radical (unpaired) electrons. The molecule has 5 nitrogen and oxygen atoms in total. The van der Waals surface area contributed by atoms with E-state index < -0.39 is 0 Å². The van der Waals surface area contributed by atoms with E-state index in [1.165, 1.54) is 0 Å². The molecular formula is C14H11BrN4OS. The van der Waals surface area contributed by atoms with Crippen molar-refractivity contribution < 1.29 is 4.79 Å². The lowest BCUT2D eigenvalue weighted by Crippen LogP contribution is -2.22. The molecule has 21 heavy (non-hydrogen) atoms. The summed E-state index contributed by atoms with van der Waals surface area (Å²) in [4.78, 5) is 12.0. The number of nitrogens with zero attached hydrogens (tertiary/aromatic N) is 3. The van der Waals surface area contributed by atoms with Gasteiger partial charge in [0.1, 0.15) is 5.69 Å². The fraction of sp³-hybridized carbons (Fsp3) is 0.0714. The van der Waals surface area contributed by atoms with Gasteiger partial charge in [-0.1, -0.05) is 21.1 Å². The molecule has 2 aromatic heterocycles. The molecule has 0 aliphatic heterocycles. The van der Waals surface area contributed by atoms with Crippen molar-refractivity contribution in [1.29, 1.82) is 0 Å². The first-order valence-electron chi connectivity index (χ1n) is 6.20. The molecule has 0 atom stereocenters. The van der Waals surface area contributed by atoms with Crippen LogP contribution in [0.2, 0.25) is 0 Å². The van der Waals surface area contributed by atoms with Gasteiger partial charge in [-0.3, -0.25) is 4.79 Å². The number of aromatic nitrogens is 3. The average Bonchev–Trinajstić information content (AvgIpc) is 3.16. The predicted octanol–water partition coefficient (Wildman–Crippen LogP) is 3.02. The third kappa shape index (κ3) is 3.37. The molecular weight excluding hydrogens is 352 g/mol. The smallest absolute Gasteiger partial charge is 0.251 e. The summed E-state index contributed by atoms with van der Waals surface area (Å²) in [6, 6.07) is 9.16. The Morgan fingerprint density at radius 1 is 1.29 bits per heavy atom. The minimum absolute atomic E-state index is 0.132. The highest BCUT2D eigenvalue weighted by molar-refractivity contribution is 9.10. The number of benzene rings is 1. The normalized spacial score (nSPS) is 10.5. The van der Waals surface area contributed by atoms with Gasteiger partial charge in [-0.25, -0.2) is 4.68 Å². The van der Waals surface area contributed by atoms with E-state index in [2.05, 4.69) is 31.6 Å². The van der Waals surface area contributed by atoms with Crippen LogP contribution in [0.1, 0.15) is 16.1 Å². The molecule has 2 heterocycles. The SMILES string of the molecule is O=C(NCc1cn(-c2ccsc2)nn1)c1ccc(Br)cc1. The van der Waals surface area contributed by atoms with Crippen molar-refractivity contribution in [3.05, 3.63) is 63.0 Å². The van der Waals surface area contributed by atoms with Crippen LogP contribution in [0.15, 0.2) is 51.8 Å². The highest BCUT2D eigenvalue weighted by Gasteiger charge is 2.07. The lowest BCUT2D eigenvalue weighted by Gasteiger charge is -2.02. The average molecular weight is 363 g/mol. The Labute approximate surface area is 133 Å². The van der Waals surface area contributed by atoms with Gasteiger partial charge in [0.05, 0.1) is 18.4 Å². The number of halogens is 1. The fourth-order valence-electron chi connectivity index (χ4n) is 1.77. The summed E-state index contributed by atoms with van der Waals surface area (Å²) in [5.41, 5.74) is 2.30. The van der Waals surface area contributed by atoms with E-state index in [0.29, 0.717) is 17.8 Å². The van der Waals surface area contributed by atoms with Crippen LogP contribution in [-0.4, -0.2) is 20.9 Å². The molecule has 0 aliphatic carbocycles. The number of thiophene rings is 1. The summed E-state index contributed by atoms with van der Waals surface area (Å²) in [6.45, 7) is 0.346. The van der Waals surface area contributed by atoms with Crippen molar-refractivity contribution in [2.45, 2.75) is 6.54 Å². The van der Waals surface area contributed by atoms with Crippen LogP contribution in [0.5, 0.6) is 0 Å². The minimum Gasteiger partial charge on any atom is -0.346 e. The lowest BCUT2D eigenvalue weighted by atomic mass is 10.2. The number of hydrogen-bond acceptors (Lipinski definition) is 4. The van der Waals surface area contributed by atoms with Gasteiger partial charge < -0.3 is 5.32 Å². The maximum atomic E-state index is 12.0. The summed E-state index contributed by atoms with van der Waals surface area (Å²) in [7, 11) is 0. The highest BCUT2D eigenvalue weighted by Crippen LogP contribution is 2.12. The molecule has 7 heteroatoms. The zero-order chi connectivity index (χ0) is 14.7. The zero-order valence-electron chi connectivity index (χ0n) is 10.9. The maximum Gasteiger partial charge on any atom is 0.251 e. The van der Waals surface area contributed by atoms with Crippen molar-refractivity contribution in [2.75, 3.05) is 0 Å². The van der Waals surface area contributed by atoms with E-state index >= 15 is 0 Å². The third-order valence-electron chi connectivity index (χ3n) is 2.85. The molecule has 106 valence electrons. The first-order valence-corrected chi connectivity index (χ1v) is 7.93. The van der Waals surface area contributed by atoms with E-state index in [1.807, 2.05) is 35.2 Å². The predicted molar refractivity (Wildman–Crippen MR) is 84.5 cm³/mol. The summed E-state index contributed by atoms with van der Waals surface area (Å²) in [5.74, 6) is -0.132. The van der Waals surface area contributed by atoms with Gasteiger partial charge in [-0.15, -0.1) is 5.10 Å². The van der Waals surface area contributed by atoms with Crippen molar-refractivity contribution in [3.63, 3.8) is 0 Å². The van der Waals surface area contributed by atoms with Crippen molar-refractivity contribution in [2.24, 2.45) is 0 Å². The Balaban J connectivity index is 1.62. The van der Waals surface area contributed by atoms with Crippen LogP contribution in [0.4, 0.5) is 0 Å². The second-order valence-corrected chi connectivity index (χ2v) is 6.02. The van der Waals surface area contributed by atoms with Crippen LogP contribution < -0.4 is 5.32 Å². The second kappa shape index (κ2) is 6.19. The first kappa shape index (κ1) is 14.0. The minimum atomic E-state index is -0.132. The van der Waals surface area contributed by atoms with Gasteiger partial charge in [0.25, 0.3) is 5.91 Å². The molecule has 0 fully saturated rings. The van der Waals surface area contributed by atoms with Gasteiger partial charge in [0.15, 0.2) is 0 Å². The van der Waals surface area contributed by atoms with Crippen LogP contribution >= 0.6 is 27.3 Å². The van der Waals surface area contributed by atoms with Crippen LogP contribution in [-0.2, 0) is 6.54 Å². The van der Waals surface area contributed by atoms with Crippen molar-refractivity contribution in [1.82, 2.24) is 20.3 Å². The van der Waals surface area contributed by atoms with Gasteiger partial charge in [0, 0.05) is 15.4 Å². The van der Waals surface area contributed by atoms with E-state index in [0.717, 1.165) is 10.2 Å². The summed E-state index contributed by atoms with van der Waals surface area (Å²) in [6.07, 6.45) is 1.81. The van der Waals surface area contributed by atoms with Gasteiger partial charge in [-0.05, 0) is 35.7 Å². The van der Waals surface area contributed by atoms with Gasteiger partial charge >= 0.3 is 0 Å². The molecule has 1 amide bonds. The molecule has 0 saturated heterocycles. The molecule has 3 aromatic rings. The second-order valence-electron chi connectivity index (χ2n) is 4.33. The molecule has 1 aromatic carbocycles. The van der Waals surface area contributed by atoms with Gasteiger partial charge in [0.2, 0.25) is 0 Å². The van der Waals surface area contributed by atoms with E-state index in [1.54, 1.807) is 28.2 Å². The number of nitrogens with one attached hydrogen (secondary N) is 1. The maximum absolute atomic E-state index is 12.0. The number of hydrogen-bond donors (Lipinski definition) is 1. The molecule has 0 saturated carbocycles.